The molecule has 4 rings (SSSR count). The number of fused-ring (bicyclic) bond motifs is 1. The van der Waals surface area contributed by atoms with Crippen molar-refractivity contribution in [3.8, 4) is 23.2 Å². The molecule has 0 saturated carbocycles. The van der Waals surface area contributed by atoms with Gasteiger partial charge in [-0.1, -0.05) is 59.6 Å². The van der Waals surface area contributed by atoms with Gasteiger partial charge in [-0.3, -0.25) is 5.10 Å². The smallest absolute Gasteiger partial charge is 0.244 e. The van der Waals surface area contributed by atoms with Gasteiger partial charge < -0.3 is 10.5 Å². The van der Waals surface area contributed by atoms with E-state index < -0.39 is 5.92 Å². The van der Waals surface area contributed by atoms with Crippen LogP contribution in [-0.2, 0) is 0 Å². The first-order valence-corrected chi connectivity index (χ1v) is 8.45. The predicted molar refractivity (Wildman–Crippen MR) is 99.5 cm³/mol. The number of ether oxygens (including phenoxy) is 1. The second-order valence-corrected chi connectivity index (χ2v) is 6.54. The average Bonchev–Trinajstić information content (AvgIpc) is 3.05. The van der Waals surface area contributed by atoms with Crippen LogP contribution in [0.1, 0.15) is 22.6 Å². The van der Waals surface area contributed by atoms with Crippen molar-refractivity contribution in [1.29, 1.82) is 5.26 Å². The van der Waals surface area contributed by atoms with Gasteiger partial charge in [0, 0.05) is 10.6 Å². The maximum Gasteiger partial charge on any atom is 0.244 e. The van der Waals surface area contributed by atoms with Gasteiger partial charge in [0.1, 0.15) is 11.6 Å². The van der Waals surface area contributed by atoms with E-state index in [1.54, 1.807) is 6.07 Å². The van der Waals surface area contributed by atoms with Gasteiger partial charge in [0.05, 0.1) is 17.2 Å². The van der Waals surface area contributed by atoms with E-state index >= 15 is 0 Å². The summed E-state index contributed by atoms with van der Waals surface area (Å²) in [6, 6.07) is 17.6. The fourth-order valence-corrected chi connectivity index (χ4v) is 3.45. The molecule has 0 spiro atoms. The van der Waals surface area contributed by atoms with Gasteiger partial charge in [0.2, 0.25) is 11.8 Å². The molecule has 2 aromatic carbocycles. The van der Waals surface area contributed by atoms with E-state index in [9.17, 15) is 5.26 Å². The summed E-state index contributed by atoms with van der Waals surface area (Å²) in [6.07, 6.45) is 0. The van der Waals surface area contributed by atoms with Gasteiger partial charge in [-0.05, 0) is 18.6 Å². The van der Waals surface area contributed by atoms with E-state index in [2.05, 4.69) is 16.3 Å². The molecule has 0 unspecified atom stereocenters. The Balaban J connectivity index is 1.97. The van der Waals surface area contributed by atoms with E-state index in [1.807, 2.05) is 49.4 Å². The van der Waals surface area contributed by atoms with Crippen LogP contribution >= 0.6 is 11.6 Å². The first-order chi connectivity index (χ1) is 12.6. The molecule has 0 fully saturated rings. The Labute approximate surface area is 155 Å². The number of aryl methyl sites for hydroxylation is 1. The molecule has 0 radical (unpaired) electrons. The Morgan fingerprint density at radius 1 is 1.19 bits per heavy atom. The minimum atomic E-state index is -0.451. The molecule has 1 aliphatic heterocycles. The number of nitrogens with zero attached hydrogens (tertiary/aromatic N) is 2. The molecule has 0 saturated heterocycles. The Morgan fingerprint density at radius 2 is 1.92 bits per heavy atom. The topological polar surface area (TPSA) is 87.7 Å². The monoisotopic (exact) mass is 362 g/mol. The van der Waals surface area contributed by atoms with Crippen LogP contribution in [0.3, 0.4) is 0 Å². The van der Waals surface area contributed by atoms with Gasteiger partial charge in [0.15, 0.2) is 0 Å². The number of halogens is 1. The highest BCUT2D eigenvalue weighted by Crippen LogP contribution is 2.47. The molecule has 3 aromatic rings. The third-order valence-electron chi connectivity index (χ3n) is 4.50. The van der Waals surface area contributed by atoms with Crippen LogP contribution in [0.5, 0.6) is 5.88 Å². The summed E-state index contributed by atoms with van der Waals surface area (Å²) in [5, 5.41) is 17.6. The quantitative estimate of drug-likeness (QED) is 0.713. The number of allylic oxidation sites excluding steroid dienone is 1. The molecule has 0 aliphatic carbocycles. The first-order valence-electron chi connectivity index (χ1n) is 8.07. The first kappa shape index (κ1) is 16.2. The van der Waals surface area contributed by atoms with Gasteiger partial charge in [0.25, 0.3) is 0 Å². The number of aromatic nitrogens is 2. The summed E-state index contributed by atoms with van der Waals surface area (Å²) in [7, 11) is 0. The Morgan fingerprint density at radius 3 is 2.62 bits per heavy atom. The van der Waals surface area contributed by atoms with Gasteiger partial charge in [-0.25, -0.2) is 0 Å². The van der Waals surface area contributed by atoms with Crippen LogP contribution in [0.4, 0.5) is 0 Å². The Kier molecular flexibility index (Phi) is 3.90. The van der Waals surface area contributed by atoms with Crippen molar-refractivity contribution in [3.05, 3.63) is 81.7 Å². The second-order valence-electron chi connectivity index (χ2n) is 6.13. The number of aromatic amines is 1. The van der Waals surface area contributed by atoms with Crippen LogP contribution in [0.25, 0.3) is 11.3 Å². The maximum atomic E-state index is 9.70. The zero-order chi connectivity index (χ0) is 18.3. The SMILES string of the molecule is Cc1ccc(-c2[nH]nc3c2[C@@H](c2ccccc2Cl)C(C#N)=C(N)O3)cc1. The van der Waals surface area contributed by atoms with E-state index in [0.29, 0.717) is 16.5 Å². The second kappa shape index (κ2) is 6.25. The molecule has 26 heavy (non-hydrogen) atoms. The highest BCUT2D eigenvalue weighted by molar-refractivity contribution is 6.31. The van der Waals surface area contributed by atoms with Crippen LogP contribution in [-0.4, -0.2) is 10.2 Å². The zero-order valence-electron chi connectivity index (χ0n) is 14.0. The van der Waals surface area contributed by atoms with E-state index in [0.717, 1.165) is 27.9 Å². The Bertz CT molecular complexity index is 1060. The third kappa shape index (κ3) is 2.52. The molecule has 128 valence electrons. The van der Waals surface area contributed by atoms with Crippen molar-refractivity contribution < 1.29 is 4.74 Å². The van der Waals surface area contributed by atoms with Crippen molar-refractivity contribution >= 4 is 11.6 Å². The van der Waals surface area contributed by atoms with Gasteiger partial charge >= 0.3 is 0 Å². The normalized spacial score (nSPS) is 16.0. The lowest BCUT2D eigenvalue weighted by atomic mass is 9.83. The van der Waals surface area contributed by atoms with Crippen LogP contribution in [0, 0.1) is 18.3 Å². The summed E-state index contributed by atoms with van der Waals surface area (Å²) in [6.45, 7) is 2.03. The number of hydrogen-bond donors (Lipinski definition) is 2. The minimum Gasteiger partial charge on any atom is -0.420 e. The van der Waals surface area contributed by atoms with Crippen molar-refractivity contribution in [1.82, 2.24) is 10.2 Å². The fourth-order valence-electron chi connectivity index (χ4n) is 3.21. The lowest BCUT2D eigenvalue weighted by Crippen LogP contribution is -2.21. The average molecular weight is 363 g/mol. The van der Waals surface area contributed by atoms with Crippen LogP contribution in [0.15, 0.2) is 60.0 Å². The van der Waals surface area contributed by atoms with Crippen molar-refractivity contribution in [2.75, 3.05) is 0 Å². The molecule has 5 nitrogen and oxygen atoms in total. The third-order valence-corrected chi connectivity index (χ3v) is 4.84. The molecule has 1 atom stereocenters. The number of rotatable bonds is 2. The summed E-state index contributed by atoms with van der Waals surface area (Å²) >= 11 is 6.44. The number of hydrogen-bond acceptors (Lipinski definition) is 4. The summed E-state index contributed by atoms with van der Waals surface area (Å²) in [5.41, 5.74) is 10.7. The molecule has 0 amide bonds. The van der Waals surface area contributed by atoms with E-state index in [4.69, 9.17) is 22.1 Å². The summed E-state index contributed by atoms with van der Waals surface area (Å²) in [5.74, 6) is -0.0404. The molecule has 1 aromatic heterocycles. The van der Waals surface area contributed by atoms with Crippen LogP contribution < -0.4 is 10.5 Å². The lowest BCUT2D eigenvalue weighted by Gasteiger charge is -2.24. The maximum absolute atomic E-state index is 9.70. The number of nitrogens with one attached hydrogen (secondary N) is 1. The fraction of sp³-hybridized carbons (Fsp3) is 0.100. The van der Waals surface area contributed by atoms with E-state index in [1.165, 1.54) is 0 Å². The minimum absolute atomic E-state index is 0.0480. The molecular weight excluding hydrogens is 348 g/mol. The lowest BCUT2D eigenvalue weighted by molar-refractivity contribution is 0.379. The largest absolute Gasteiger partial charge is 0.420 e. The molecule has 2 heterocycles. The van der Waals surface area contributed by atoms with Gasteiger partial charge in [-0.15, -0.1) is 5.10 Å². The molecule has 3 N–H and O–H groups in total. The van der Waals surface area contributed by atoms with Crippen molar-refractivity contribution in [2.45, 2.75) is 12.8 Å². The Hall–Kier alpha value is -3.23. The highest BCUT2D eigenvalue weighted by Gasteiger charge is 2.36. The van der Waals surface area contributed by atoms with E-state index in [-0.39, 0.29) is 5.88 Å². The number of nitrogens with two attached hydrogens (primary N) is 1. The molecule has 6 heteroatoms. The molecule has 0 bridgehead atoms. The van der Waals surface area contributed by atoms with Crippen molar-refractivity contribution in [2.24, 2.45) is 5.73 Å². The van der Waals surface area contributed by atoms with Crippen molar-refractivity contribution in [3.63, 3.8) is 0 Å². The number of benzene rings is 2. The number of H-pyrrole nitrogens is 1. The molecular formula is C20H15ClN4O. The standard InChI is InChI=1S/C20H15ClN4O/c1-11-6-8-12(9-7-11)18-17-16(13-4-2-3-5-15(13)21)14(10-22)19(23)26-20(17)25-24-18/h2-9,16H,23H2,1H3,(H,24,25)/t16-/m0/s1. The number of nitriles is 1. The molecule has 1 aliphatic rings. The highest BCUT2D eigenvalue weighted by atomic mass is 35.5. The predicted octanol–water partition coefficient (Wildman–Crippen LogP) is 4.26. The summed E-state index contributed by atoms with van der Waals surface area (Å²) in [4.78, 5) is 0. The van der Waals surface area contributed by atoms with Gasteiger partial charge in [-0.2, -0.15) is 5.26 Å². The van der Waals surface area contributed by atoms with Crippen LogP contribution in [0.2, 0.25) is 5.02 Å². The summed E-state index contributed by atoms with van der Waals surface area (Å²) < 4.78 is 5.60. The zero-order valence-corrected chi connectivity index (χ0v) is 14.7.